The molecule has 0 aliphatic heterocycles. The molecule has 2 aromatic rings. The lowest BCUT2D eigenvalue weighted by atomic mass is 9.99. The predicted molar refractivity (Wildman–Crippen MR) is 74.2 cm³/mol. The number of allylic oxidation sites excluding steroid dienone is 1. The van der Waals surface area contributed by atoms with Gasteiger partial charge in [-0.1, -0.05) is 42.0 Å². The first-order valence-corrected chi connectivity index (χ1v) is 5.85. The second kappa shape index (κ2) is 5.36. The molecule has 2 rings (SSSR count). The molecule has 0 radical (unpaired) electrons. The van der Waals surface area contributed by atoms with Gasteiger partial charge in [0.05, 0.1) is 11.3 Å². The third-order valence-electron chi connectivity index (χ3n) is 2.86. The minimum atomic E-state index is -0.424. The average molecular weight is 252 g/mol. The smallest absolute Gasteiger partial charge is 0.132 e. The average Bonchev–Trinajstić information content (AvgIpc) is 2.43. The third kappa shape index (κ3) is 2.63. The molecule has 0 bridgehead atoms. The van der Waals surface area contributed by atoms with Crippen molar-refractivity contribution in [2.45, 2.75) is 6.92 Å². The highest BCUT2D eigenvalue weighted by atomic mass is 19.1. The van der Waals surface area contributed by atoms with E-state index in [1.807, 2.05) is 25.1 Å². The molecule has 3 heteroatoms. The van der Waals surface area contributed by atoms with Gasteiger partial charge in [-0.05, 0) is 24.6 Å². The molecule has 0 fully saturated rings. The fourth-order valence-corrected chi connectivity index (χ4v) is 1.87. The maximum absolute atomic E-state index is 13.8. The van der Waals surface area contributed by atoms with Crippen LogP contribution in [0.5, 0.6) is 0 Å². The summed E-state index contributed by atoms with van der Waals surface area (Å²) >= 11 is 0. The molecular weight excluding hydrogens is 239 g/mol. The molecule has 0 aliphatic rings. The number of nitrogens with two attached hydrogens (primary N) is 1. The Hall–Kier alpha value is -2.60. The van der Waals surface area contributed by atoms with Gasteiger partial charge in [0.25, 0.3) is 0 Å². The zero-order valence-electron chi connectivity index (χ0n) is 10.5. The summed E-state index contributed by atoms with van der Waals surface area (Å²) in [5, 5.41) is 9.26. The van der Waals surface area contributed by atoms with E-state index in [0.29, 0.717) is 5.56 Å². The van der Waals surface area contributed by atoms with Gasteiger partial charge in [0.15, 0.2) is 0 Å². The minimum absolute atomic E-state index is 0.162. The van der Waals surface area contributed by atoms with Gasteiger partial charge in [0, 0.05) is 5.56 Å². The minimum Gasteiger partial charge on any atom is -0.397 e. The quantitative estimate of drug-likeness (QED) is 0.657. The highest BCUT2D eigenvalue weighted by Gasteiger charge is 2.12. The number of halogens is 1. The van der Waals surface area contributed by atoms with Crippen molar-refractivity contribution < 1.29 is 4.39 Å². The maximum Gasteiger partial charge on any atom is 0.132 e. The Morgan fingerprint density at radius 3 is 2.47 bits per heavy atom. The Bertz CT molecular complexity index is 667. The van der Waals surface area contributed by atoms with Gasteiger partial charge in [0.1, 0.15) is 11.9 Å². The Morgan fingerprint density at radius 1 is 1.16 bits per heavy atom. The zero-order chi connectivity index (χ0) is 13.8. The molecule has 19 heavy (non-hydrogen) atoms. The zero-order valence-corrected chi connectivity index (χ0v) is 10.5. The van der Waals surface area contributed by atoms with Crippen LogP contribution in [0.3, 0.4) is 0 Å². The van der Waals surface area contributed by atoms with Crippen LogP contribution in [0.1, 0.15) is 16.7 Å². The van der Waals surface area contributed by atoms with Crippen LogP contribution in [0, 0.1) is 24.1 Å². The Kier molecular flexibility index (Phi) is 3.63. The van der Waals surface area contributed by atoms with E-state index >= 15 is 0 Å². The SMILES string of the molecule is Cc1ccc(F)c(/C(N)=C(/C#N)c2ccccc2)c1. The van der Waals surface area contributed by atoms with E-state index in [1.165, 1.54) is 6.07 Å². The highest BCUT2D eigenvalue weighted by molar-refractivity contribution is 5.96. The molecule has 2 nitrogen and oxygen atoms in total. The van der Waals surface area contributed by atoms with Crippen molar-refractivity contribution in [1.29, 1.82) is 5.26 Å². The number of hydrogen-bond donors (Lipinski definition) is 1. The van der Waals surface area contributed by atoms with Gasteiger partial charge in [-0.25, -0.2) is 4.39 Å². The predicted octanol–water partition coefficient (Wildman–Crippen LogP) is 3.48. The summed E-state index contributed by atoms with van der Waals surface area (Å²) in [6.45, 7) is 1.85. The van der Waals surface area contributed by atoms with Crippen LogP contribution in [-0.2, 0) is 0 Å². The van der Waals surface area contributed by atoms with Crippen molar-refractivity contribution >= 4 is 11.3 Å². The lowest BCUT2D eigenvalue weighted by Gasteiger charge is -2.08. The van der Waals surface area contributed by atoms with Gasteiger partial charge in [-0.15, -0.1) is 0 Å². The van der Waals surface area contributed by atoms with Crippen LogP contribution >= 0.6 is 0 Å². The molecule has 94 valence electrons. The number of nitrogens with zero attached hydrogens (tertiary/aromatic N) is 1. The lowest BCUT2D eigenvalue weighted by Crippen LogP contribution is -2.03. The van der Waals surface area contributed by atoms with Crippen molar-refractivity contribution in [2.24, 2.45) is 5.73 Å². The number of nitriles is 1. The summed E-state index contributed by atoms with van der Waals surface area (Å²) in [6.07, 6.45) is 0. The van der Waals surface area contributed by atoms with Crippen molar-refractivity contribution in [3.8, 4) is 6.07 Å². The number of aryl methyl sites for hydroxylation is 1. The van der Waals surface area contributed by atoms with Crippen LogP contribution < -0.4 is 5.73 Å². The largest absolute Gasteiger partial charge is 0.397 e. The van der Waals surface area contributed by atoms with Crippen LogP contribution in [0.4, 0.5) is 4.39 Å². The molecule has 2 N–H and O–H groups in total. The molecule has 0 aliphatic carbocycles. The van der Waals surface area contributed by atoms with E-state index in [-0.39, 0.29) is 16.8 Å². The normalized spacial score (nSPS) is 11.6. The fourth-order valence-electron chi connectivity index (χ4n) is 1.87. The molecule has 0 saturated carbocycles. The summed E-state index contributed by atoms with van der Waals surface area (Å²) in [6, 6.07) is 15.7. The molecule has 2 aromatic carbocycles. The number of hydrogen-bond acceptors (Lipinski definition) is 2. The van der Waals surface area contributed by atoms with E-state index in [1.54, 1.807) is 24.3 Å². The van der Waals surface area contributed by atoms with Crippen LogP contribution in [0.2, 0.25) is 0 Å². The van der Waals surface area contributed by atoms with Gasteiger partial charge in [-0.2, -0.15) is 5.26 Å². The number of benzene rings is 2. The first-order valence-electron chi connectivity index (χ1n) is 5.85. The molecule has 0 amide bonds. The van der Waals surface area contributed by atoms with Gasteiger partial charge in [-0.3, -0.25) is 0 Å². The lowest BCUT2D eigenvalue weighted by molar-refractivity contribution is 0.623. The van der Waals surface area contributed by atoms with Gasteiger partial charge < -0.3 is 5.73 Å². The van der Waals surface area contributed by atoms with Crippen LogP contribution in [-0.4, -0.2) is 0 Å². The summed E-state index contributed by atoms with van der Waals surface area (Å²) in [4.78, 5) is 0. The highest BCUT2D eigenvalue weighted by Crippen LogP contribution is 2.24. The molecule has 0 spiro atoms. The first-order chi connectivity index (χ1) is 9.13. The Morgan fingerprint density at radius 2 is 1.84 bits per heavy atom. The molecule has 0 heterocycles. The Balaban J connectivity index is 2.62. The van der Waals surface area contributed by atoms with Crippen molar-refractivity contribution in [1.82, 2.24) is 0 Å². The summed E-state index contributed by atoms with van der Waals surface area (Å²) in [5.41, 5.74) is 8.25. The molecule has 0 unspecified atom stereocenters. The van der Waals surface area contributed by atoms with Crippen molar-refractivity contribution in [3.05, 3.63) is 71.0 Å². The van der Waals surface area contributed by atoms with Crippen LogP contribution in [0.25, 0.3) is 11.3 Å². The summed E-state index contributed by atoms with van der Waals surface area (Å²) in [5.74, 6) is -0.424. The maximum atomic E-state index is 13.8. The summed E-state index contributed by atoms with van der Waals surface area (Å²) < 4.78 is 13.8. The first kappa shape index (κ1) is 12.8. The molecule has 0 aromatic heterocycles. The van der Waals surface area contributed by atoms with Crippen molar-refractivity contribution in [3.63, 3.8) is 0 Å². The van der Waals surface area contributed by atoms with E-state index in [2.05, 4.69) is 6.07 Å². The molecular formula is C16H13FN2. The van der Waals surface area contributed by atoms with Crippen molar-refractivity contribution in [2.75, 3.05) is 0 Å². The van der Waals surface area contributed by atoms with E-state index in [4.69, 9.17) is 5.73 Å². The van der Waals surface area contributed by atoms with Gasteiger partial charge in [0.2, 0.25) is 0 Å². The molecule has 0 saturated heterocycles. The monoisotopic (exact) mass is 252 g/mol. The van der Waals surface area contributed by atoms with Gasteiger partial charge >= 0.3 is 0 Å². The molecule has 0 atom stereocenters. The number of rotatable bonds is 2. The fraction of sp³-hybridized carbons (Fsp3) is 0.0625. The summed E-state index contributed by atoms with van der Waals surface area (Å²) in [7, 11) is 0. The standard InChI is InChI=1S/C16H13FN2/c1-11-7-8-15(17)13(9-11)16(19)14(10-18)12-5-3-2-4-6-12/h2-9H,19H2,1H3/b16-14+. The van der Waals surface area contributed by atoms with Crippen LogP contribution in [0.15, 0.2) is 48.5 Å². The second-order valence-corrected chi connectivity index (χ2v) is 4.25. The third-order valence-corrected chi connectivity index (χ3v) is 2.86. The van der Waals surface area contributed by atoms with E-state index in [0.717, 1.165) is 5.56 Å². The van der Waals surface area contributed by atoms with E-state index in [9.17, 15) is 9.65 Å². The topological polar surface area (TPSA) is 49.8 Å². The second-order valence-electron chi connectivity index (χ2n) is 4.25. The van der Waals surface area contributed by atoms with E-state index < -0.39 is 5.82 Å². The Labute approximate surface area is 111 Å².